The van der Waals surface area contributed by atoms with Crippen molar-refractivity contribution in [3.63, 3.8) is 0 Å². The SMILES string of the molecule is Cl.Cl.Nc1ccc(CC(=O)Nc2ccccc2N2CCCCC2)cc1. The Morgan fingerprint density at radius 2 is 1.60 bits per heavy atom. The summed E-state index contributed by atoms with van der Waals surface area (Å²) in [4.78, 5) is 14.7. The molecule has 1 heterocycles. The van der Waals surface area contributed by atoms with Crippen molar-refractivity contribution in [3.8, 4) is 0 Å². The first-order valence-electron chi connectivity index (χ1n) is 8.20. The van der Waals surface area contributed by atoms with E-state index < -0.39 is 0 Å². The summed E-state index contributed by atoms with van der Waals surface area (Å²) < 4.78 is 0. The molecule has 1 fully saturated rings. The molecule has 1 aliphatic heterocycles. The van der Waals surface area contributed by atoms with Crippen LogP contribution in [0.1, 0.15) is 24.8 Å². The van der Waals surface area contributed by atoms with Gasteiger partial charge in [0.1, 0.15) is 0 Å². The third kappa shape index (κ3) is 5.83. The van der Waals surface area contributed by atoms with Crippen molar-refractivity contribution in [1.29, 1.82) is 0 Å². The molecule has 1 saturated heterocycles. The lowest BCUT2D eigenvalue weighted by molar-refractivity contribution is -0.115. The summed E-state index contributed by atoms with van der Waals surface area (Å²) in [6.07, 6.45) is 4.08. The van der Waals surface area contributed by atoms with Gasteiger partial charge in [-0.15, -0.1) is 24.8 Å². The number of amides is 1. The van der Waals surface area contributed by atoms with Gasteiger partial charge in [-0.2, -0.15) is 0 Å². The van der Waals surface area contributed by atoms with Gasteiger partial charge in [-0.1, -0.05) is 24.3 Å². The molecule has 0 bridgehead atoms. The Balaban J connectivity index is 0.00000156. The maximum atomic E-state index is 12.3. The van der Waals surface area contributed by atoms with Crippen LogP contribution >= 0.6 is 24.8 Å². The van der Waals surface area contributed by atoms with Gasteiger partial charge < -0.3 is 16.0 Å². The van der Waals surface area contributed by atoms with Gasteiger partial charge in [0, 0.05) is 18.8 Å². The van der Waals surface area contributed by atoms with Crippen LogP contribution in [0.4, 0.5) is 17.1 Å². The second kappa shape index (κ2) is 10.2. The Morgan fingerprint density at radius 1 is 0.960 bits per heavy atom. The molecule has 2 aromatic rings. The van der Waals surface area contributed by atoms with E-state index in [4.69, 9.17) is 5.73 Å². The zero-order chi connectivity index (χ0) is 16.1. The van der Waals surface area contributed by atoms with E-state index in [0.29, 0.717) is 12.1 Å². The minimum Gasteiger partial charge on any atom is -0.399 e. The van der Waals surface area contributed by atoms with Gasteiger partial charge >= 0.3 is 0 Å². The van der Waals surface area contributed by atoms with Crippen LogP contribution in [0.3, 0.4) is 0 Å². The van der Waals surface area contributed by atoms with Gasteiger partial charge in [-0.05, 0) is 49.1 Å². The molecule has 25 heavy (non-hydrogen) atoms. The molecule has 136 valence electrons. The van der Waals surface area contributed by atoms with Crippen molar-refractivity contribution in [1.82, 2.24) is 0 Å². The zero-order valence-corrected chi connectivity index (χ0v) is 15.7. The molecule has 0 saturated carbocycles. The molecular formula is C19H25Cl2N3O. The largest absolute Gasteiger partial charge is 0.399 e. The fourth-order valence-electron chi connectivity index (χ4n) is 3.01. The number of nitrogens with one attached hydrogen (secondary N) is 1. The van der Waals surface area contributed by atoms with Crippen molar-refractivity contribution in [2.75, 3.05) is 29.0 Å². The molecule has 2 aromatic carbocycles. The van der Waals surface area contributed by atoms with Gasteiger partial charge in [0.15, 0.2) is 0 Å². The van der Waals surface area contributed by atoms with Crippen LogP contribution in [0, 0.1) is 0 Å². The lowest BCUT2D eigenvalue weighted by Gasteiger charge is -2.30. The van der Waals surface area contributed by atoms with E-state index in [1.165, 1.54) is 19.3 Å². The van der Waals surface area contributed by atoms with E-state index in [0.717, 1.165) is 30.0 Å². The number of rotatable bonds is 4. The third-order valence-electron chi connectivity index (χ3n) is 4.22. The predicted molar refractivity (Wildman–Crippen MR) is 110 cm³/mol. The van der Waals surface area contributed by atoms with Crippen LogP contribution in [0.5, 0.6) is 0 Å². The molecule has 0 aromatic heterocycles. The maximum absolute atomic E-state index is 12.3. The van der Waals surface area contributed by atoms with Crippen LogP contribution in [0.25, 0.3) is 0 Å². The van der Waals surface area contributed by atoms with Gasteiger partial charge in [-0.25, -0.2) is 0 Å². The highest BCUT2D eigenvalue weighted by molar-refractivity contribution is 5.95. The minimum atomic E-state index is -0.000712. The molecule has 6 heteroatoms. The summed E-state index contributed by atoms with van der Waals surface area (Å²) >= 11 is 0. The Bertz CT molecular complexity index is 671. The third-order valence-corrected chi connectivity index (χ3v) is 4.22. The van der Waals surface area contributed by atoms with E-state index in [2.05, 4.69) is 16.3 Å². The number of piperidine rings is 1. The number of carbonyl (C=O) groups is 1. The average molecular weight is 382 g/mol. The van der Waals surface area contributed by atoms with E-state index >= 15 is 0 Å². The molecule has 1 aliphatic rings. The smallest absolute Gasteiger partial charge is 0.228 e. The first-order valence-corrected chi connectivity index (χ1v) is 8.20. The molecular weight excluding hydrogens is 357 g/mol. The lowest BCUT2D eigenvalue weighted by atomic mass is 10.1. The van der Waals surface area contributed by atoms with Crippen molar-refractivity contribution < 1.29 is 4.79 Å². The quantitative estimate of drug-likeness (QED) is 0.776. The first-order chi connectivity index (χ1) is 11.2. The van der Waals surface area contributed by atoms with E-state index in [-0.39, 0.29) is 30.7 Å². The predicted octanol–water partition coefficient (Wildman–Crippen LogP) is 4.28. The summed E-state index contributed by atoms with van der Waals surface area (Å²) in [5.41, 5.74) is 9.38. The zero-order valence-electron chi connectivity index (χ0n) is 14.1. The number of hydrogen-bond donors (Lipinski definition) is 2. The Hall–Kier alpha value is -1.91. The Morgan fingerprint density at radius 3 is 2.28 bits per heavy atom. The summed E-state index contributed by atoms with van der Waals surface area (Å²) in [7, 11) is 0. The number of anilines is 3. The van der Waals surface area contributed by atoms with Gasteiger partial charge in [0.25, 0.3) is 0 Å². The number of hydrogen-bond acceptors (Lipinski definition) is 3. The van der Waals surface area contributed by atoms with Crippen molar-refractivity contribution >= 4 is 47.8 Å². The highest BCUT2D eigenvalue weighted by Crippen LogP contribution is 2.28. The molecule has 4 nitrogen and oxygen atoms in total. The fourth-order valence-corrected chi connectivity index (χ4v) is 3.01. The van der Waals surface area contributed by atoms with Gasteiger partial charge in [0.2, 0.25) is 5.91 Å². The molecule has 1 amide bonds. The van der Waals surface area contributed by atoms with Crippen LogP contribution < -0.4 is 16.0 Å². The molecule has 0 spiro atoms. The number of nitrogens with two attached hydrogens (primary N) is 1. The molecule has 0 radical (unpaired) electrons. The second-order valence-electron chi connectivity index (χ2n) is 6.03. The van der Waals surface area contributed by atoms with Gasteiger partial charge in [-0.3, -0.25) is 4.79 Å². The number of nitrogen functional groups attached to an aromatic ring is 1. The molecule has 3 N–H and O–H groups in total. The van der Waals surface area contributed by atoms with Crippen molar-refractivity contribution in [3.05, 3.63) is 54.1 Å². The van der Waals surface area contributed by atoms with Crippen LogP contribution in [-0.4, -0.2) is 19.0 Å². The van der Waals surface area contributed by atoms with E-state index in [1.807, 2.05) is 42.5 Å². The number of carbonyl (C=O) groups excluding carboxylic acids is 1. The molecule has 0 aliphatic carbocycles. The fraction of sp³-hybridized carbons (Fsp3) is 0.316. The van der Waals surface area contributed by atoms with Crippen molar-refractivity contribution in [2.45, 2.75) is 25.7 Å². The summed E-state index contributed by atoms with van der Waals surface area (Å²) in [6.45, 7) is 2.12. The second-order valence-corrected chi connectivity index (χ2v) is 6.03. The minimum absolute atomic E-state index is 0. The lowest BCUT2D eigenvalue weighted by Crippen LogP contribution is -2.30. The highest BCUT2D eigenvalue weighted by Gasteiger charge is 2.15. The molecule has 0 atom stereocenters. The van der Waals surface area contributed by atoms with Crippen LogP contribution in [-0.2, 0) is 11.2 Å². The number of halogens is 2. The topological polar surface area (TPSA) is 58.4 Å². The Labute approximate surface area is 161 Å². The van der Waals surface area contributed by atoms with Gasteiger partial charge in [0.05, 0.1) is 17.8 Å². The summed E-state index contributed by atoms with van der Waals surface area (Å²) in [5, 5.41) is 3.06. The van der Waals surface area contributed by atoms with Crippen LogP contribution in [0.2, 0.25) is 0 Å². The Kier molecular flexibility index (Phi) is 8.59. The standard InChI is InChI=1S/C19H23N3O.2ClH/c20-16-10-8-15(9-11-16)14-19(23)21-17-6-2-3-7-18(17)22-12-4-1-5-13-22;;/h2-3,6-11H,1,4-5,12-14,20H2,(H,21,23);2*1H. The maximum Gasteiger partial charge on any atom is 0.228 e. The van der Waals surface area contributed by atoms with Crippen LogP contribution in [0.15, 0.2) is 48.5 Å². The van der Waals surface area contributed by atoms with E-state index in [9.17, 15) is 4.79 Å². The molecule has 3 rings (SSSR count). The normalized spacial score (nSPS) is 13.4. The molecule has 0 unspecified atom stereocenters. The summed E-state index contributed by atoms with van der Waals surface area (Å²) in [6, 6.07) is 15.5. The first kappa shape index (κ1) is 21.1. The van der Waals surface area contributed by atoms with E-state index in [1.54, 1.807) is 0 Å². The average Bonchev–Trinajstić information content (AvgIpc) is 2.58. The highest BCUT2D eigenvalue weighted by atomic mass is 35.5. The summed E-state index contributed by atoms with van der Waals surface area (Å²) in [5.74, 6) is -0.000712. The number of benzene rings is 2. The van der Waals surface area contributed by atoms with Crippen molar-refractivity contribution in [2.24, 2.45) is 0 Å². The number of nitrogens with zero attached hydrogens (tertiary/aromatic N) is 1. The number of para-hydroxylation sites is 2. The monoisotopic (exact) mass is 381 g/mol.